The van der Waals surface area contributed by atoms with Gasteiger partial charge >= 0.3 is 5.97 Å². The highest BCUT2D eigenvalue weighted by Crippen LogP contribution is 2.36. The molecule has 0 atom stereocenters. The first-order chi connectivity index (χ1) is 8.02. The SMILES string of the molecule is CC(C)C1CCC(NCCCN)(C(=O)O)CC1. The third kappa shape index (κ3) is 3.68. The van der Waals surface area contributed by atoms with E-state index in [4.69, 9.17) is 5.73 Å². The normalized spacial score (nSPS) is 29.5. The van der Waals surface area contributed by atoms with Crippen molar-refractivity contribution in [3.63, 3.8) is 0 Å². The summed E-state index contributed by atoms with van der Waals surface area (Å²) in [5.41, 5.74) is 4.74. The van der Waals surface area contributed by atoms with Gasteiger partial charge in [-0.2, -0.15) is 0 Å². The molecule has 0 aromatic rings. The highest BCUT2D eigenvalue weighted by atomic mass is 16.4. The zero-order chi connectivity index (χ0) is 12.9. The van der Waals surface area contributed by atoms with E-state index in [1.807, 2.05) is 0 Å². The second-order valence-corrected chi connectivity index (χ2v) is 5.54. The van der Waals surface area contributed by atoms with Crippen LogP contribution in [0.2, 0.25) is 0 Å². The molecule has 1 aliphatic carbocycles. The molecule has 1 fully saturated rings. The molecule has 1 rings (SSSR count). The number of hydrogen-bond acceptors (Lipinski definition) is 3. The molecule has 0 amide bonds. The summed E-state index contributed by atoms with van der Waals surface area (Å²) < 4.78 is 0. The fourth-order valence-electron chi connectivity index (χ4n) is 2.70. The number of aliphatic carboxylic acids is 1. The molecule has 0 radical (unpaired) electrons. The molecule has 4 heteroatoms. The highest BCUT2D eigenvalue weighted by Gasteiger charge is 2.41. The third-order valence-electron chi connectivity index (χ3n) is 4.08. The van der Waals surface area contributed by atoms with E-state index in [0.717, 1.165) is 32.1 Å². The van der Waals surface area contributed by atoms with Crippen LogP contribution in [-0.4, -0.2) is 29.7 Å². The molecule has 0 aliphatic heterocycles. The molecular formula is C13H26N2O2. The van der Waals surface area contributed by atoms with E-state index in [-0.39, 0.29) is 0 Å². The predicted molar refractivity (Wildman–Crippen MR) is 68.8 cm³/mol. The quantitative estimate of drug-likeness (QED) is 0.618. The van der Waals surface area contributed by atoms with Gasteiger partial charge in [-0.1, -0.05) is 13.8 Å². The molecule has 0 saturated heterocycles. The van der Waals surface area contributed by atoms with Crippen LogP contribution in [0.5, 0.6) is 0 Å². The van der Waals surface area contributed by atoms with Crippen molar-refractivity contribution >= 4 is 5.97 Å². The molecule has 0 unspecified atom stereocenters. The van der Waals surface area contributed by atoms with E-state index in [1.165, 1.54) is 0 Å². The molecule has 1 saturated carbocycles. The Morgan fingerprint density at radius 3 is 2.47 bits per heavy atom. The van der Waals surface area contributed by atoms with Crippen molar-refractivity contribution in [2.24, 2.45) is 17.6 Å². The van der Waals surface area contributed by atoms with Gasteiger partial charge in [0.1, 0.15) is 5.54 Å². The van der Waals surface area contributed by atoms with Crippen LogP contribution in [0.3, 0.4) is 0 Å². The minimum Gasteiger partial charge on any atom is -0.480 e. The van der Waals surface area contributed by atoms with Crippen molar-refractivity contribution in [3.8, 4) is 0 Å². The van der Waals surface area contributed by atoms with Gasteiger partial charge in [-0.15, -0.1) is 0 Å². The van der Waals surface area contributed by atoms with Crippen molar-refractivity contribution < 1.29 is 9.90 Å². The van der Waals surface area contributed by atoms with Crippen LogP contribution in [-0.2, 0) is 4.79 Å². The summed E-state index contributed by atoms with van der Waals surface area (Å²) in [5.74, 6) is 0.640. The van der Waals surface area contributed by atoms with Gasteiger partial charge < -0.3 is 16.2 Å². The summed E-state index contributed by atoms with van der Waals surface area (Å²) in [4.78, 5) is 11.5. The van der Waals surface area contributed by atoms with Gasteiger partial charge in [0.15, 0.2) is 0 Å². The number of carbonyl (C=O) groups is 1. The topological polar surface area (TPSA) is 75.3 Å². The molecule has 100 valence electrons. The smallest absolute Gasteiger partial charge is 0.323 e. The fraction of sp³-hybridized carbons (Fsp3) is 0.923. The molecule has 0 heterocycles. The van der Waals surface area contributed by atoms with Crippen LogP contribution in [0.4, 0.5) is 0 Å². The van der Waals surface area contributed by atoms with Crippen molar-refractivity contribution in [1.82, 2.24) is 5.32 Å². The maximum atomic E-state index is 11.5. The monoisotopic (exact) mass is 242 g/mol. The third-order valence-corrected chi connectivity index (χ3v) is 4.08. The number of carboxylic acids is 1. The number of rotatable bonds is 6. The molecule has 0 spiro atoms. The Hall–Kier alpha value is -0.610. The van der Waals surface area contributed by atoms with Crippen molar-refractivity contribution in [2.75, 3.05) is 13.1 Å². The van der Waals surface area contributed by atoms with Crippen LogP contribution in [0.1, 0.15) is 46.0 Å². The largest absolute Gasteiger partial charge is 0.480 e. The lowest BCUT2D eigenvalue weighted by Gasteiger charge is -2.39. The standard InChI is InChI=1S/C13H26N2O2/c1-10(2)11-4-6-13(7-5-11,12(16)17)15-9-3-8-14/h10-11,15H,3-9,14H2,1-2H3,(H,16,17). The zero-order valence-electron chi connectivity index (χ0n) is 11.0. The van der Waals surface area contributed by atoms with Crippen molar-refractivity contribution in [2.45, 2.75) is 51.5 Å². The van der Waals surface area contributed by atoms with Crippen LogP contribution in [0.15, 0.2) is 0 Å². The molecule has 0 aromatic heterocycles. The van der Waals surface area contributed by atoms with Gasteiger partial charge in [0.25, 0.3) is 0 Å². The van der Waals surface area contributed by atoms with E-state index in [2.05, 4.69) is 19.2 Å². The van der Waals surface area contributed by atoms with E-state index in [1.54, 1.807) is 0 Å². The lowest BCUT2D eigenvalue weighted by atomic mass is 9.73. The van der Waals surface area contributed by atoms with Gasteiger partial charge in [-0.25, -0.2) is 0 Å². The maximum absolute atomic E-state index is 11.5. The Morgan fingerprint density at radius 1 is 1.47 bits per heavy atom. The second-order valence-electron chi connectivity index (χ2n) is 5.54. The number of nitrogens with one attached hydrogen (secondary N) is 1. The Labute approximate surface area is 104 Å². The van der Waals surface area contributed by atoms with Gasteiger partial charge in [0.05, 0.1) is 0 Å². The summed E-state index contributed by atoms with van der Waals surface area (Å²) in [5, 5.41) is 12.6. The summed E-state index contributed by atoms with van der Waals surface area (Å²) in [7, 11) is 0. The summed E-state index contributed by atoms with van der Waals surface area (Å²) in [6.45, 7) is 5.76. The van der Waals surface area contributed by atoms with Crippen LogP contribution in [0.25, 0.3) is 0 Å². The lowest BCUT2D eigenvalue weighted by molar-refractivity contribution is -0.147. The number of carboxylic acid groups (broad SMARTS) is 1. The second kappa shape index (κ2) is 6.36. The Morgan fingerprint density at radius 2 is 2.06 bits per heavy atom. The molecule has 1 aliphatic rings. The zero-order valence-corrected chi connectivity index (χ0v) is 11.0. The number of nitrogens with two attached hydrogens (primary N) is 1. The van der Waals surface area contributed by atoms with E-state index in [9.17, 15) is 9.90 Å². The summed E-state index contributed by atoms with van der Waals surface area (Å²) in [6.07, 6.45) is 4.35. The first-order valence-corrected chi connectivity index (χ1v) is 6.70. The molecular weight excluding hydrogens is 216 g/mol. The highest BCUT2D eigenvalue weighted by molar-refractivity contribution is 5.78. The average molecular weight is 242 g/mol. The Bertz CT molecular complexity index is 246. The predicted octanol–water partition coefficient (Wildman–Crippen LogP) is 1.59. The minimum absolute atomic E-state index is 0.608. The van der Waals surface area contributed by atoms with Gasteiger partial charge in [0, 0.05) is 0 Å². The van der Waals surface area contributed by atoms with E-state index >= 15 is 0 Å². The summed E-state index contributed by atoms with van der Waals surface area (Å²) in [6, 6.07) is 0. The van der Waals surface area contributed by atoms with E-state index in [0.29, 0.717) is 24.9 Å². The summed E-state index contributed by atoms with van der Waals surface area (Å²) >= 11 is 0. The minimum atomic E-state index is -0.697. The molecule has 4 N–H and O–H groups in total. The molecule has 4 nitrogen and oxygen atoms in total. The first kappa shape index (κ1) is 14.5. The maximum Gasteiger partial charge on any atom is 0.323 e. The lowest BCUT2D eigenvalue weighted by Crippen LogP contribution is -2.54. The van der Waals surface area contributed by atoms with Crippen molar-refractivity contribution in [3.05, 3.63) is 0 Å². The van der Waals surface area contributed by atoms with Gasteiger partial charge in [0.2, 0.25) is 0 Å². The van der Waals surface area contributed by atoms with E-state index < -0.39 is 11.5 Å². The van der Waals surface area contributed by atoms with Crippen LogP contribution in [0, 0.1) is 11.8 Å². The fourth-order valence-corrected chi connectivity index (χ4v) is 2.70. The van der Waals surface area contributed by atoms with Gasteiger partial charge in [-0.05, 0) is 57.0 Å². The van der Waals surface area contributed by atoms with Crippen LogP contribution < -0.4 is 11.1 Å². The Balaban J connectivity index is 2.54. The van der Waals surface area contributed by atoms with Crippen molar-refractivity contribution in [1.29, 1.82) is 0 Å². The average Bonchev–Trinajstić information content (AvgIpc) is 2.29. The molecule has 0 bridgehead atoms. The number of hydrogen-bond donors (Lipinski definition) is 3. The van der Waals surface area contributed by atoms with Crippen LogP contribution >= 0.6 is 0 Å². The van der Waals surface area contributed by atoms with Gasteiger partial charge in [-0.3, -0.25) is 4.79 Å². The Kier molecular flexibility index (Phi) is 5.40. The molecule has 17 heavy (non-hydrogen) atoms. The first-order valence-electron chi connectivity index (χ1n) is 6.70. The molecule has 0 aromatic carbocycles.